The summed E-state index contributed by atoms with van der Waals surface area (Å²) in [5.74, 6) is 0. The molecule has 3 fully saturated rings. The van der Waals surface area contributed by atoms with Crippen LogP contribution in [-0.2, 0) is 18.3 Å². The predicted molar refractivity (Wildman–Crippen MR) is 82.9 cm³/mol. The second kappa shape index (κ2) is 4.93. The maximum absolute atomic E-state index is 11.6. The van der Waals surface area contributed by atoms with Crippen LogP contribution in [-0.4, -0.2) is 52.2 Å². The van der Waals surface area contributed by atoms with Gasteiger partial charge in [0.15, 0.2) is 6.10 Å². The minimum atomic E-state index is -2.58. The largest absolute Gasteiger partial charge is 0.441 e. The number of nitrogens with one attached hydrogen (secondary N) is 1. The Kier molecular flexibility index (Phi) is 3.64. The SMILES string of the molecule is CC(C)(C)[Si]1(C(C)(C)C)OC[C@H]2OC[C@H]3NC(=O)O[C@H]3[C@@H]2O1. The number of carbonyl (C=O) groups is 1. The van der Waals surface area contributed by atoms with E-state index in [1.54, 1.807) is 0 Å². The van der Waals surface area contributed by atoms with Crippen LogP contribution in [0, 0.1) is 0 Å². The molecule has 3 rings (SSSR count). The normalized spacial score (nSPS) is 37.8. The van der Waals surface area contributed by atoms with E-state index in [2.05, 4.69) is 46.9 Å². The van der Waals surface area contributed by atoms with Gasteiger partial charge in [-0.25, -0.2) is 4.79 Å². The zero-order valence-electron chi connectivity index (χ0n) is 14.3. The fourth-order valence-corrected chi connectivity index (χ4v) is 9.02. The van der Waals surface area contributed by atoms with Gasteiger partial charge in [-0.2, -0.15) is 0 Å². The van der Waals surface area contributed by atoms with Crippen molar-refractivity contribution in [3.8, 4) is 0 Å². The van der Waals surface area contributed by atoms with Crippen LogP contribution in [0.2, 0.25) is 10.1 Å². The van der Waals surface area contributed by atoms with Crippen molar-refractivity contribution in [3.63, 3.8) is 0 Å². The Hall–Kier alpha value is -0.633. The smallest absolute Gasteiger partial charge is 0.408 e. The van der Waals surface area contributed by atoms with Crippen molar-refractivity contribution in [3.05, 3.63) is 0 Å². The number of hydrogen-bond acceptors (Lipinski definition) is 5. The first kappa shape index (κ1) is 16.2. The molecule has 6 nitrogen and oxygen atoms in total. The van der Waals surface area contributed by atoms with E-state index in [1.165, 1.54) is 0 Å². The lowest BCUT2D eigenvalue weighted by molar-refractivity contribution is -0.172. The molecule has 0 aromatic heterocycles. The Morgan fingerprint density at radius 2 is 1.68 bits per heavy atom. The van der Waals surface area contributed by atoms with Crippen LogP contribution in [0.5, 0.6) is 0 Å². The van der Waals surface area contributed by atoms with E-state index in [-0.39, 0.29) is 40.5 Å². The summed E-state index contributed by atoms with van der Waals surface area (Å²) in [7, 11) is -2.58. The standard InChI is InChI=1S/C15H27NO5Si/c1-14(2,3)22(15(4,5)6)19-8-10-12(21-22)11-9(7-18-10)16-13(17)20-11/h9-12H,7-8H2,1-6H3,(H,16,17)/t9-,10-,11-,12-/m1/s1. The van der Waals surface area contributed by atoms with Gasteiger partial charge in [-0.15, -0.1) is 0 Å². The highest BCUT2D eigenvalue weighted by Gasteiger charge is 2.64. The van der Waals surface area contributed by atoms with Crippen LogP contribution >= 0.6 is 0 Å². The van der Waals surface area contributed by atoms with E-state index in [9.17, 15) is 4.79 Å². The van der Waals surface area contributed by atoms with E-state index in [4.69, 9.17) is 18.3 Å². The van der Waals surface area contributed by atoms with Crippen molar-refractivity contribution in [1.82, 2.24) is 5.32 Å². The summed E-state index contributed by atoms with van der Waals surface area (Å²) < 4.78 is 24.3. The third-order valence-electron chi connectivity index (χ3n) is 4.85. The molecule has 3 saturated heterocycles. The van der Waals surface area contributed by atoms with Gasteiger partial charge >= 0.3 is 14.7 Å². The van der Waals surface area contributed by atoms with Gasteiger partial charge in [-0.1, -0.05) is 41.5 Å². The lowest BCUT2D eigenvalue weighted by atomic mass is 9.99. The van der Waals surface area contributed by atoms with Crippen LogP contribution in [0.4, 0.5) is 4.79 Å². The highest BCUT2D eigenvalue weighted by molar-refractivity contribution is 6.73. The summed E-state index contributed by atoms with van der Waals surface area (Å²) in [4.78, 5) is 11.6. The molecule has 3 aliphatic rings. The van der Waals surface area contributed by atoms with E-state index in [0.717, 1.165) is 0 Å². The van der Waals surface area contributed by atoms with Crippen LogP contribution < -0.4 is 5.32 Å². The predicted octanol–water partition coefficient (Wildman–Crippen LogP) is 2.32. The van der Waals surface area contributed by atoms with Crippen LogP contribution in [0.15, 0.2) is 0 Å². The van der Waals surface area contributed by atoms with Crippen LogP contribution in [0.1, 0.15) is 41.5 Å². The molecule has 22 heavy (non-hydrogen) atoms. The summed E-state index contributed by atoms with van der Waals surface area (Å²) in [5.41, 5.74) is 0. The average molecular weight is 329 g/mol. The first-order valence-corrected chi connectivity index (χ1v) is 9.77. The van der Waals surface area contributed by atoms with Gasteiger partial charge in [-0.3, -0.25) is 0 Å². The van der Waals surface area contributed by atoms with Crippen LogP contribution in [0.25, 0.3) is 0 Å². The summed E-state index contributed by atoms with van der Waals surface area (Å²) in [6, 6.07) is -0.126. The fraction of sp³-hybridized carbons (Fsp3) is 0.933. The third-order valence-corrected chi connectivity index (χ3v) is 9.98. The molecule has 0 unspecified atom stereocenters. The van der Waals surface area contributed by atoms with E-state index in [0.29, 0.717) is 13.2 Å². The fourth-order valence-electron chi connectivity index (χ4n) is 4.06. The highest BCUT2D eigenvalue weighted by Crippen LogP contribution is 2.55. The van der Waals surface area contributed by atoms with Gasteiger partial charge in [0.25, 0.3) is 0 Å². The lowest BCUT2D eigenvalue weighted by Crippen LogP contribution is -2.70. The number of carbonyl (C=O) groups excluding carboxylic acids is 1. The Balaban J connectivity index is 1.93. The second-order valence-corrected chi connectivity index (χ2v) is 13.3. The van der Waals surface area contributed by atoms with Gasteiger partial charge in [0.05, 0.1) is 19.3 Å². The van der Waals surface area contributed by atoms with Crippen molar-refractivity contribution in [2.75, 3.05) is 13.2 Å². The zero-order chi connectivity index (χ0) is 16.3. The van der Waals surface area contributed by atoms with E-state index >= 15 is 0 Å². The van der Waals surface area contributed by atoms with Crippen molar-refractivity contribution in [2.45, 2.75) is 76.0 Å². The highest BCUT2D eigenvalue weighted by atomic mass is 28.4. The zero-order valence-corrected chi connectivity index (χ0v) is 15.3. The first-order valence-electron chi connectivity index (χ1n) is 7.96. The Morgan fingerprint density at radius 1 is 1.05 bits per heavy atom. The molecular formula is C15H27NO5Si. The maximum atomic E-state index is 11.6. The molecule has 126 valence electrons. The maximum Gasteiger partial charge on any atom is 0.408 e. The molecule has 0 radical (unpaired) electrons. The van der Waals surface area contributed by atoms with Crippen molar-refractivity contribution < 1.29 is 23.1 Å². The number of amides is 1. The quantitative estimate of drug-likeness (QED) is 0.691. The van der Waals surface area contributed by atoms with Gasteiger partial charge in [-0.05, 0) is 0 Å². The van der Waals surface area contributed by atoms with Crippen molar-refractivity contribution >= 4 is 14.7 Å². The summed E-state index contributed by atoms with van der Waals surface area (Å²) in [6.07, 6.45) is -1.09. The second-order valence-electron chi connectivity index (χ2n) is 8.50. The molecule has 3 heterocycles. The Labute approximate surface area is 133 Å². The van der Waals surface area contributed by atoms with Crippen LogP contribution in [0.3, 0.4) is 0 Å². The van der Waals surface area contributed by atoms with Crippen molar-refractivity contribution in [2.24, 2.45) is 0 Å². The first-order chi connectivity index (χ1) is 10.1. The average Bonchev–Trinajstić information content (AvgIpc) is 2.76. The monoisotopic (exact) mass is 329 g/mol. The van der Waals surface area contributed by atoms with Gasteiger partial charge in [0.2, 0.25) is 0 Å². The molecule has 4 atom stereocenters. The van der Waals surface area contributed by atoms with Gasteiger partial charge in [0, 0.05) is 10.1 Å². The summed E-state index contributed by atoms with van der Waals surface area (Å²) in [6.45, 7) is 14.0. The molecule has 1 amide bonds. The number of rotatable bonds is 0. The molecule has 0 aromatic rings. The minimum absolute atomic E-state index is 0.0980. The van der Waals surface area contributed by atoms with E-state index in [1.807, 2.05) is 0 Å². The molecule has 0 aromatic carbocycles. The Bertz CT molecular complexity index is 456. The van der Waals surface area contributed by atoms with Gasteiger partial charge in [0.1, 0.15) is 12.2 Å². The minimum Gasteiger partial charge on any atom is -0.441 e. The summed E-state index contributed by atoms with van der Waals surface area (Å²) >= 11 is 0. The van der Waals surface area contributed by atoms with Gasteiger partial charge < -0.3 is 23.6 Å². The number of hydrogen-bond donors (Lipinski definition) is 1. The molecule has 0 spiro atoms. The number of alkyl carbamates (subject to hydrolysis) is 1. The molecule has 0 aliphatic carbocycles. The molecule has 0 bridgehead atoms. The molecule has 7 heteroatoms. The molecule has 0 saturated carbocycles. The molecule has 3 aliphatic heterocycles. The summed E-state index contributed by atoms with van der Waals surface area (Å²) in [5, 5.41) is 2.61. The topological polar surface area (TPSA) is 66.0 Å². The Morgan fingerprint density at radius 3 is 2.27 bits per heavy atom. The lowest BCUT2D eigenvalue weighted by Gasteiger charge is -2.56. The van der Waals surface area contributed by atoms with Crippen molar-refractivity contribution in [1.29, 1.82) is 0 Å². The third kappa shape index (κ3) is 2.29. The van der Waals surface area contributed by atoms with E-state index < -0.39 is 8.56 Å². The number of ether oxygens (including phenoxy) is 2. The molecular weight excluding hydrogens is 302 g/mol. The molecule has 1 N–H and O–H groups in total. The number of fused-ring (bicyclic) bond motifs is 3.